The molecule has 0 N–H and O–H groups in total. The first kappa shape index (κ1) is 13.6. The molecule has 0 bridgehead atoms. The SMILES string of the molecule is O=[N+]([O-])c1cccc(C(Br)Br)c1C(Br)Br. The van der Waals surface area contributed by atoms with Crippen molar-refractivity contribution in [1.29, 1.82) is 0 Å². The summed E-state index contributed by atoms with van der Waals surface area (Å²) in [5.74, 6) is 0. The van der Waals surface area contributed by atoms with Gasteiger partial charge in [0.05, 0.1) is 14.2 Å². The van der Waals surface area contributed by atoms with E-state index in [0.717, 1.165) is 5.56 Å². The van der Waals surface area contributed by atoms with Gasteiger partial charge in [0.25, 0.3) is 5.69 Å². The van der Waals surface area contributed by atoms with Gasteiger partial charge in [0, 0.05) is 6.07 Å². The van der Waals surface area contributed by atoms with Crippen molar-refractivity contribution >= 4 is 69.4 Å². The zero-order chi connectivity index (χ0) is 11.6. The molecule has 0 aliphatic heterocycles. The predicted molar refractivity (Wildman–Crippen MR) is 74.3 cm³/mol. The zero-order valence-corrected chi connectivity index (χ0v) is 13.5. The molecule has 0 radical (unpaired) electrons. The molecule has 0 spiro atoms. The van der Waals surface area contributed by atoms with Gasteiger partial charge in [-0.15, -0.1) is 0 Å². The maximum atomic E-state index is 10.8. The number of nitrogens with zero attached hydrogens (tertiary/aromatic N) is 1. The van der Waals surface area contributed by atoms with Crippen LogP contribution < -0.4 is 0 Å². The maximum absolute atomic E-state index is 10.8. The monoisotopic (exact) mass is 463 g/mol. The van der Waals surface area contributed by atoms with E-state index in [1.165, 1.54) is 6.07 Å². The van der Waals surface area contributed by atoms with E-state index in [1.807, 2.05) is 6.07 Å². The predicted octanol–water partition coefficient (Wildman–Crippen LogP) is 5.17. The van der Waals surface area contributed by atoms with Crippen molar-refractivity contribution in [1.82, 2.24) is 0 Å². The Morgan fingerprint density at radius 2 is 1.73 bits per heavy atom. The maximum Gasteiger partial charge on any atom is 0.274 e. The summed E-state index contributed by atoms with van der Waals surface area (Å²) >= 11 is 13.3. The van der Waals surface area contributed by atoms with Crippen LogP contribution in [0.25, 0.3) is 0 Å². The van der Waals surface area contributed by atoms with Crippen molar-refractivity contribution in [3.8, 4) is 0 Å². The number of rotatable bonds is 3. The summed E-state index contributed by atoms with van der Waals surface area (Å²) in [6.07, 6.45) is 0. The largest absolute Gasteiger partial charge is 0.274 e. The van der Waals surface area contributed by atoms with Crippen LogP contribution in [0.4, 0.5) is 5.69 Å². The van der Waals surface area contributed by atoms with E-state index < -0.39 is 4.92 Å². The van der Waals surface area contributed by atoms with Crippen LogP contribution in [0.2, 0.25) is 0 Å². The third kappa shape index (κ3) is 3.25. The van der Waals surface area contributed by atoms with Crippen molar-refractivity contribution in [3.05, 3.63) is 39.4 Å². The second kappa shape index (κ2) is 5.75. The second-order valence-electron chi connectivity index (χ2n) is 2.64. The van der Waals surface area contributed by atoms with Gasteiger partial charge in [-0.2, -0.15) is 0 Å². The number of benzene rings is 1. The van der Waals surface area contributed by atoms with E-state index in [1.54, 1.807) is 6.07 Å². The molecule has 0 heterocycles. The van der Waals surface area contributed by atoms with Crippen LogP contribution in [0, 0.1) is 10.1 Å². The van der Waals surface area contributed by atoms with Crippen molar-refractivity contribution in [2.24, 2.45) is 0 Å². The molecule has 0 aliphatic rings. The lowest BCUT2D eigenvalue weighted by Gasteiger charge is -2.11. The molecule has 15 heavy (non-hydrogen) atoms. The first-order valence-electron chi connectivity index (χ1n) is 3.78. The summed E-state index contributed by atoms with van der Waals surface area (Å²) in [5, 5.41) is 10.8. The third-order valence-electron chi connectivity index (χ3n) is 1.77. The Kier molecular flexibility index (Phi) is 5.21. The number of halogens is 4. The number of nitro groups is 1. The van der Waals surface area contributed by atoms with Crippen LogP contribution in [-0.4, -0.2) is 4.92 Å². The minimum atomic E-state index is -0.392. The Bertz CT molecular complexity index is 381. The lowest BCUT2D eigenvalue weighted by Crippen LogP contribution is -1.99. The van der Waals surface area contributed by atoms with Gasteiger partial charge in [-0.3, -0.25) is 10.1 Å². The van der Waals surface area contributed by atoms with Gasteiger partial charge in [0.2, 0.25) is 0 Å². The van der Waals surface area contributed by atoms with Crippen LogP contribution in [0.5, 0.6) is 0 Å². The first-order valence-corrected chi connectivity index (χ1v) is 7.45. The van der Waals surface area contributed by atoms with Gasteiger partial charge in [0.1, 0.15) is 3.74 Å². The van der Waals surface area contributed by atoms with Crippen LogP contribution in [-0.2, 0) is 0 Å². The molecule has 0 aliphatic carbocycles. The van der Waals surface area contributed by atoms with E-state index in [0.29, 0.717) is 5.56 Å². The van der Waals surface area contributed by atoms with Crippen molar-refractivity contribution in [3.63, 3.8) is 0 Å². The van der Waals surface area contributed by atoms with Crippen LogP contribution in [0.15, 0.2) is 18.2 Å². The van der Waals surface area contributed by atoms with Crippen molar-refractivity contribution < 1.29 is 4.92 Å². The molecular formula is C8H5Br4NO2. The Morgan fingerprint density at radius 3 is 2.13 bits per heavy atom. The van der Waals surface area contributed by atoms with Gasteiger partial charge >= 0.3 is 0 Å². The molecule has 1 aromatic rings. The molecule has 0 saturated heterocycles. The summed E-state index contributed by atoms with van der Waals surface area (Å²) in [7, 11) is 0. The number of nitro benzene ring substituents is 1. The Morgan fingerprint density at radius 1 is 1.13 bits per heavy atom. The van der Waals surface area contributed by atoms with Crippen LogP contribution >= 0.6 is 63.7 Å². The molecule has 0 unspecified atom stereocenters. The van der Waals surface area contributed by atoms with Crippen LogP contribution in [0.3, 0.4) is 0 Å². The number of hydrogen-bond donors (Lipinski definition) is 0. The molecule has 0 amide bonds. The summed E-state index contributed by atoms with van der Waals surface area (Å²) in [4.78, 5) is 10.4. The Hall–Kier alpha value is 0.540. The molecule has 0 atom stereocenters. The molecule has 0 saturated carbocycles. The lowest BCUT2D eigenvalue weighted by molar-refractivity contribution is -0.385. The minimum absolute atomic E-state index is 0.0927. The number of hydrogen-bond acceptors (Lipinski definition) is 2. The van der Waals surface area contributed by atoms with E-state index in [2.05, 4.69) is 63.7 Å². The van der Waals surface area contributed by atoms with Crippen molar-refractivity contribution in [2.45, 2.75) is 7.47 Å². The molecular weight excluding hydrogens is 462 g/mol. The fraction of sp³-hybridized carbons (Fsp3) is 0.250. The van der Waals surface area contributed by atoms with Gasteiger partial charge in [-0.25, -0.2) is 0 Å². The fourth-order valence-electron chi connectivity index (χ4n) is 1.16. The highest BCUT2D eigenvalue weighted by atomic mass is 79.9. The summed E-state index contributed by atoms with van der Waals surface area (Å²) < 4.78 is -0.364. The third-order valence-corrected chi connectivity index (χ3v) is 3.67. The summed E-state index contributed by atoms with van der Waals surface area (Å²) in [6.45, 7) is 0. The van der Waals surface area contributed by atoms with Gasteiger partial charge < -0.3 is 0 Å². The van der Waals surface area contributed by atoms with E-state index >= 15 is 0 Å². The highest BCUT2D eigenvalue weighted by Crippen LogP contribution is 2.43. The van der Waals surface area contributed by atoms with Crippen LogP contribution in [0.1, 0.15) is 18.6 Å². The highest BCUT2D eigenvalue weighted by molar-refractivity contribution is 9.24. The Balaban J connectivity index is 3.42. The topological polar surface area (TPSA) is 43.1 Å². The quantitative estimate of drug-likeness (QED) is 0.350. The molecule has 7 heteroatoms. The van der Waals surface area contributed by atoms with Gasteiger partial charge in [0.15, 0.2) is 0 Å². The molecule has 1 aromatic carbocycles. The Labute approximate surface area is 120 Å². The highest BCUT2D eigenvalue weighted by Gasteiger charge is 2.24. The molecule has 0 aromatic heterocycles. The normalized spacial score (nSPS) is 11.1. The van der Waals surface area contributed by atoms with Crippen molar-refractivity contribution in [2.75, 3.05) is 0 Å². The standard InChI is InChI=1S/C8H5Br4NO2/c9-7(10)4-2-1-3-5(13(14)15)6(4)8(11)12/h1-3,7-8H. The smallest absolute Gasteiger partial charge is 0.258 e. The number of alkyl halides is 4. The average Bonchev–Trinajstić information content (AvgIpc) is 2.16. The molecule has 82 valence electrons. The zero-order valence-electron chi connectivity index (χ0n) is 7.16. The second-order valence-corrected chi connectivity index (χ2v) is 8.76. The van der Waals surface area contributed by atoms with E-state index in [4.69, 9.17) is 0 Å². The fourth-order valence-corrected chi connectivity index (χ4v) is 2.95. The molecule has 1 rings (SSSR count). The van der Waals surface area contributed by atoms with E-state index in [9.17, 15) is 10.1 Å². The molecule has 0 fully saturated rings. The summed E-state index contributed by atoms with van der Waals surface area (Å²) in [5.41, 5.74) is 1.53. The minimum Gasteiger partial charge on any atom is -0.258 e. The first-order chi connectivity index (χ1) is 6.95. The lowest BCUT2D eigenvalue weighted by atomic mass is 10.1. The summed E-state index contributed by atoms with van der Waals surface area (Å²) in [6, 6.07) is 4.97. The van der Waals surface area contributed by atoms with Gasteiger partial charge in [-0.05, 0) is 5.56 Å². The van der Waals surface area contributed by atoms with E-state index in [-0.39, 0.29) is 13.2 Å². The van der Waals surface area contributed by atoms with Gasteiger partial charge in [-0.1, -0.05) is 75.9 Å². The molecule has 3 nitrogen and oxygen atoms in total. The average molecular weight is 467 g/mol.